The average molecular weight is 136 g/mol. The van der Waals surface area contributed by atoms with Gasteiger partial charge in [-0.3, -0.25) is 0 Å². The third kappa shape index (κ3) is 0.392. The molecule has 2 saturated carbocycles. The van der Waals surface area contributed by atoms with Crippen LogP contribution in [0.1, 0.15) is 19.3 Å². The van der Waals surface area contributed by atoms with E-state index in [2.05, 4.69) is 6.58 Å². The topological polar surface area (TPSA) is 9.23 Å². The lowest BCUT2D eigenvalue weighted by Crippen LogP contribution is -2.39. The van der Waals surface area contributed by atoms with Crippen LogP contribution in [0, 0.1) is 11.8 Å². The molecule has 0 radical (unpaired) electrons. The third-order valence-corrected chi connectivity index (χ3v) is 3.39. The van der Waals surface area contributed by atoms with Gasteiger partial charge in [-0.05, 0) is 24.3 Å². The van der Waals surface area contributed by atoms with Crippen molar-refractivity contribution in [1.29, 1.82) is 0 Å². The first kappa shape index (κ1) is 5.36. The van der Waals surface area contributed by atoms with Gasteiger partial charge in [0.05, 0.1) is 12.2 Å². The van der Waals surface area contributed by atoms with Crippen molar-refractivity contribution >= 4 is 0 Å². The van der Waals surface area contributed by atoms with Crippen molar-refractivity contribution in [3.8, 4) is 0 Å². The van der Waals surface area contributed by atoms with Crippen LogP contribution in [0.5, 0.6) is 0 Å². The lowest BCUT2D eigenvalue weighted by Gasteiger charge is -2.39. The molecule has 4 bridgehead atoms. The Kier molecular flexibility index (Phi) is 0.791. The second-order valence-electron chi connectivity index (χ2n) is 3.79. The summed E-state index contributed by atoms with van der Waals surface area (Å²) in [5.41, 5.74) is 1.40. The Hall–Kier alpha value is -0.300. The van der Waals surface area contributed by atoms with Crippen LogP contribution in [0.4, 0.5) is 0 Å². The minimum Gasteiger partial charge on any atom is -0.370 e. The fourth-order valence-electron chi connectivity index (χ4n) is 2.92. The van der Waals surface area contributed by atoms with Gasteiger partial charge < -0.3 is 4.74 Å². The zero-order valence-corrected chi connectivity index (χ0v) is 6.05. The molecule has 2 heterocycles. The van der Waals surface area contributed by atoms with Gasteiger partial charge in [0.15, 0.2) is 0 Å². The van der Waals surface area contributed by atoms with E-state index in [-0.39, 0.29) is 0 Å². The Bertz CT molecular complexity index is 191. The number of rotatable bonds is 0. The highest BCUT2D eigenvalue weighted by molar-refractivity contribution is 5.30. The third-order valence-electron chi connectivity index (χ3n) is 3.39. The molecule has 1 heteroatoms. The Morgan fingerprint density at radius 2 is 2.30 bits per heavy atom. The van der Waals surface area contributed by atoms with Crippen LogP contribution in [0.3, 0.4) is 0 Å². The van der Waals surface area contributed by atoms with Gasteiger partial charge in [-0.1, -0.05) is 13.0 Å². The number of hydrogen-bond acceptors (Lipinski definition) is 1. The van der Waals surface area contributed by atoms with E-state index in [9.17, 15) is 0 Å². The average Bonchev–Trinajstić information content (AvgIpc) is 2.39. The Balaban J connectivity index is 2.00. The lowest BCUT2D eigenvalue weighted by atomic mass is 9.63. The maximum Gasteiger partial charge on any atom is 0.0825 e. The minimum atomic E-state index is 0.484. The summed E-state index contributed by atoms with van der Waals surface area (Å²) in [7, 11) is 0. The molecule has 4 unspecified atom stereocenters. The summed E-state index contributed by atoms with van der Waals surface area (Å²) in [6.07, 6.45) is 5.13. The summed E-state index contributed by atoms with van der Waals surface area (Å²) in [4.78, 5) is 0. The van der Waals surface area contributed by atoms with Gasteiger partial charge in [-0.25, -0.2) is 0 Å². The molecule has 0 aromatic carbocycles. The van der Waals surface area contributed by atoms with Crippen molar-refractivity contribution in [2.75, 3.05) is 0 Å². The van der Waals surface area contributed by atoms with Crippen LogP contribution in [0.2, 0.25) is 0 Å². The highest BCUT2D eigenvalue weighted by Gasteiger charge is 2.58. The predicted octanol–water partition coefficient (Wildman–Crippen LogP) is 1.74. The van der Waals surface area contributed by atoms with E-state index in [1.54, 1.807) is 0 Å². The molecule has 1 nitrogen and oxygen atoms in total. The molecule has 0 aromatic heterocycles. The highest BCUT2D eigenvalue weighted by Crippen LogP contribution is 2.57. The maximum atomic E-state index is 5.77. The summed E-state index contributed by atoms with van der Waals surface area (Å²) in [6.45, 7) is 4.04. The molecular weight excluding hydrogens is 124 g/mol. The van der Waals surface area contributed by atoms with E-state index in [1.807, 2.05) is 0 Å². The summed E-state index contributed by atoms with van der Waals surface area (Å²) >= 11 is 0. The largest absolute Gasteiger partial charge is 0.370 e. The smallest absolute Gasteiger partial charge is 0.0825 e. The zero-order valence-electron chi connectivity index (χ0n) is 6.05. The van der Waals surface area contributed by atoms with Crippen molar-refractivity contribution < 1.29 is 4.74 Å². The Morgan fingerprint density at radius 1 is 1.40 bits per heavy atom. The molecule has 10 heavy (non-hydrogen) atoms. The van der Waals surface area contributed by atoms with Crippen LogP contribution >= 0.6 is 0 Å². The summed E-state index contributed by atoms with van der Waals surface area (Å²) in [5, 5.41) is 0. The van der Waals surface area contributed by atoms with Gasteiger partial charge in [0.2, 0.25) is 0 Å². The summed E-state index contributed by atoms with van der Waals surface area (Å²) in [5.74, 6) is 1.66. The van der Waals surface area contributed by atoms with Gasteiger partial charge >= 0.3 is 0 Å². The van der Waals surface area contributed by atoms with Gasteiger partial charge in [-0.2, -0.15) is 0 Å². The van der Waals surface area contributed by atoms with E-state index in [0.29, 0.717) is 12.2 Å². The van der Waals surface area contributed by atoms with Gasteiger partial charge in [0.1, 0.15) is 0 Å². The maximum absolute atomic E-state index is 5.77. The van der Waals surface area contributed by atoms with Gasteiger partial charge in [-0.15, -0.1) is 0 Å². The van der Waals surface area contributed by atoms with Crippen LogP contribution in [-0.4, -0.2) is 12.2 Å². The fourth-order valence-corrected chi connectivity index (χ4v) is 2.92. The first-order chi connectivity index (χ1) is 4.88. The SMILES string of the molecule is C=C1C2OC3CCCC2C13. The molecule has 2 saturated heterocycles. The van der Waals surface area contributed by atoms with Crippen molar-refractivity contribution in [3.05, 3.63) is 12.2 Å². The normalized spacial score (nSPS) is 56.6. The number of hydrogen-bond donors (Lipinski definition) is 0. The minimum absolute atomic E-state index is 0.484. The molecule has 54 valence electrons. The van der Waals surface area contributed by atoms with Crippen LogP contribution < -0.4 is 0 Å². The molecule has 4 rings (SSSR count). The predicted molar refractivity (Wildman–Crippen MR) is 38.6 cm³/mol. The van der Waals surface area contributed by atoms with Crippen LogP contribution in [0.15, 0.2) is 12.2 Å². The second-order valence-corrected chi connectivity index (χ2v) is 3.79. The van der Waals surface area contributed by atoms with Gasteiger partial charge in [0.25, 0.3) is 0 Å². The molecule has 2 aliphatic heterocycles. The lowest BCUT2D eigenvalue weighted by molar-refractivity contribution is 0.0856. The van der Waals surface area contributed by atoms with E-state index in [0.717, 1.165) is 11.8 Å². The summed E-state index contributed by atoms with van der Waals surface area (Å²) < 4.78 is 5.77. The van der Waals surface area contributed by atoms with E-state index >= 15 is 0 Å². The molecule has 0 aromatic rings. The molecule has 2 aliphatic carbocycles. The van der Waals surface area contributed by atoms with Crippen molar-refractivity contribution in [3.63, 3.8) is 0 Å². The Morgan fingerprint density at radius 3 is 3.00 bits per heavy atom. The van der Waals surface area contributed by atoms with E-state index in [4.69, 9.17) is 4.74 Å². The van der Waals surface area contributed by atoms with Crippen LogP contribution in [-0.2, 0) is 4.74 Å². The molecule has 4 atom stereocenters. The number of ether oxygens (including phenoxy) is 1. The summed E-state index contributed by atoms with van der Waals surface area (Å²) in [6, 6.07) is 0. The first-order valence-corrected chi connectivity index (χ1v) is 4.22. The van der Waals surface area contributed by atoms with Crippen molar-refractivity contribution in [2.24, 2.45) is 11.8 Å². The zero-order chi connectivity index (χ0) is 6.72. The molecule has 0 spiro atoms. The van der Waals surface area contributed by atoms with Gasteiger partial charge in [0, 0.05) is 5.92 Å². The second kappa shape index (κ2) is 1.48. The molecule has 4 fully saturated rings. The van der Waals surface area contributed by atoms with Crippen molar-refractivity contribution in [2.45, 2.75) is 31.5 Å². The van der Waals surface area contributed by atoms with E-state index < -0.39 is 0 Å². The quantitative estimate of drug-likeness (QED) is 0.461. The van der Waals surface area contributed by atoms with Crippen molar-refractivity contribution in [1.82, 2.24) is 0 Å². The highest BCUT2D eigenvalue weighted by atomic mass is 16.5. The first-order valence-electron chi connectivity index (χ1n) is 4.22. The van der Waals surface area contributed by atoms with E-state index in [1.165, 1.54) is 24.8 Å². The standard InChI is InChI=1S/C9H12O/c1-5-8-6-3-2-4-7(8)10-9(5)6/h6-9H,1-4H2. The molecule has 0 amide bonds. The Labute approximate surface area is 61.1 Å². The molecule has 4 aliphatic rings. The molecular formula is C9H12O. The fraction of sp³-hybridized carbons (Fsp3) is 0.778. The molecule has 0 N–H and O–H groups in total. The monoisotopic (exact) mass is 136 g/mol. The van der Waals surface area contributed by atoms with Crippen LogP contribution in [0.25, 0.3) is 0 Å².